The summed E-state index contributed by atoms with van der Waals surface area (Å²) in [5, 5.41) is 0. The summed E-state index contributed by atoms with van der Waals surface area (Å²) >= 11 is 0. The molecule has 1 heterocycles. The van der Waals surface area contributed by atoms with Crippen LogP contribution in [0.25, 0.3) is 0 Å². The van der Waals surface area contributed by atoms with Crippen molar-refractivity contribution < 1.29 is 14.3 Å². The Labute approximate surface area is 107 Å². The molecule has 98 valence electrons. The number of anilines is 1. The van der Waals surface area contributed by atoms with Crippen molar-refractivity contribution in [3.8, 4) is 5.75 Å². The standard InChI is InChI=1S/C13H18N2O3/c1-17-12-6-4-3-5-11(12)14-7-9-15(10-8-14)13(16)18-2/h3-6H,7-10H2,1-2H3. The molecule has 2 rings (SSSR count). The third-order valence-electron chi connectivity index (χ3n) is 3.14. The van der Waals surface area contributed by atoms with Crippen molar-refractivity contribution in [3.63, 3.8) is 0 Å². The molecule has 0 aromatic heterocycles. The van der Waals surface area contributed by atoms with E-state index < -0.39 is 0 Å². The number of carbonyl (C=O) groups is 1. The van der Waals surface area contributed by atoms with E-state index in [2.05, 4.69) is 4.90 Å². The largest absolute Gasteiger partial charge is 0.495 e. The predicted octanol–water partition coefficient (Wildman–Crippen LogP) is 1.58. The van der Waals surface area contributed by atoms with Gasteiger partial charge >= 0.3 is 6.09 Å². The van der Waals surface area contributed by atoms with Crippen molar-refractivity contribution in [2.45, 2.75) is 0 Å². The number of piperazine rings is 1. The summed E-state index contributed by atoms with van der Waals surface area (Å²) in [5.41, 5.74) is 1.07. The third-order valence-corrected chi connectivity index (χ3v) is 3.14. The average Bonchev–Trinajstić information content (AvgIpc) is 2.46. The second-order valence-corrected chi connectivity index (χ2v) is 4.12. The molecule has 1 aromatic rings. The number of para-hydroxylation sites is 2. The third kappa shape index (κ3) is 2.50. The van der Waals surface area contributed by atoms with Gasteiger partial charge in [0.25, 0.3) is 0 Å². The number of amides is 1. The van der Waals surface area contributed by atoms with Crippen molar-refractivity contribution in [2.24, 2.45) is 0 Å². The van der Waals surface area contributed by atoms with Crippen molar-refractivity contribution in [1.29, 1.82) is 0 Å². The first kappa shape index (κ1) is 12.5. The first-order valence-corrected chi connectivity index (χ1v) is 5.97. The number of rotatable bonds is 2. The molecule has 0 unspecified atom stereocenters. The molecule has 1 aliphatic heterocycles. The quantitative estimate of drug-likeness (QED) is 0.799. The number of hydrogen-bond donors (Lipinski definition) is 0. The summed E-state index contributed by atoms with van der Waals surface area (Å²) in [7, 11) is 3.08. The lowest BCUT2D eigenvalue weighted by atomic mass is 10.2. The topological polar surface area (TPSA) is 42.0 Å². The Hall–Kier alpha value is -1.91. The fraction of sp³-hybridized carbons (Fsp3) is 0.462. The number of carbonyl (C=O) groups excluding carboxylic acids is 1. The number of ether oxygens (including phenoxy) is 2. The summed E-state index contributed by atoms with van der Waals surface area (Å²) < 4.78 is 10.1. The van der Waals surface area contributed by atoms with Gasteiger partial charge in [-0.3, -0.25) is 0 Å². The van der Waals surface area contributed by atoms with Gasteiger partial charge in [0.05, 0.1) is 19.9 Å². The molecule has 0 spiro atoms. The number of hydrogen-bond acceptors (Lipinski definition) is 4. The first-order chi connectivity index (χ1) is 8.76. The maximum absolute atomic E-state index is 11.4. The average molecular weight is 250 g/mol. The van der Waals surface area contributed by atoms with Crippen LogP contribution in [0.2, 0.25) is 0 Å². The summed E-state index contributed by atoms with van der Waals surface area (Å²) in [6.07, 6.45) is -0.255. The molecule has 1 saturated heterocycles. The summed E-state index contributed by atoms with van der Waals surface area (Å²) in [4.78, 5) is 15.3. The molecule has 18 heavy (non-hydrogen) atoms. The van der Waals surface area contributed by atoms with Crippen LogP contribution in [0.5, 0.6) is 5.75 Å². The Morgan fingerprint density at radius 2 is 1.78 bits per heavy atom. The van der Waals surface area contributed by atoms with Crippen LogP contribution >= 0.6 is 0 Å². The molecule has 0 N–H and O–H groups in total. The molecule has 5 heteroatoms. The molecular formula is C13H18N2O3. The molecule has 1 aromatic carbocycles. The van der Waals surface area contributed by atoms with Crippen molar-refractivity contribution in [2.75, 3.05) is 45.3 Å². The maximum Gasteiger partial charge on any atom is 0.409 e. The molecule has 0 radical (unpaired) electrons. The molecule has 0 bridgehead atoms. The Bertz CT molecular complexity index is 414. The SMILES string of the molecule is COC(=O)N1CCN(c2ccccc2OC)CC1. The van der Waals surface area contributed by atoms with Crippen LogP contribution in [-0.4, -0.2) is 51.4 Å². The van der Waals surface area contributed by atoms with Crippen molar-refractivity contribution in [1.82, 2.24) is 4.90 Å². The number of nitrogens with zero attached hydrogens (tertiary/aromatic N) is 2. The normalized spacial score (nSPS) is 15.4. The summed E-state index contributed by atoms with van der Waals surface area (Å²) in [6.45, 7) is 2.92. The molecule has 0 aliphatic carbocycles. The van der Waals surface area contributed by atoms with Gasteiger partial charge in [-0.2, -0.15) is 0 Å². The molecule has 0 atom stereocenters. The van der Waals surface area contributed by atoms with E-state index in [0.29, 0.717) is 13.1 Å². The van der Waals surface area contributed by atoms with Gasteiger partial charge in [-0.25, -0.2) is 4.79 Å². The lowest BCUT2D eigenvalue weighted by Gasteiger charge is -2.35. The first-order valence-electron chi connectivity index (χ1n) is 5.97. The van der Waals surface area contributed by atoms with Crippen molar-refractivity contribution >= 4 is 11.8 Å². The molecule has 1 fully saturated rings. The molecule has 1 amide bonds. The zero-order valence-electron chi connectivity index (χ0n) is 10.8. The second-order valence-electron chi connectivity index (χ2n) is 4.12. The van der Waals surface area contributed by atoms with E-state index >= 15 is 0 Å². The molecule has 5 nitrogen and oxygen atoms in total. The van der Waals surface area contributed by atoms with Crippen LogP contribution in [0.15, 0.2) is 24.3 Å². The van der Waals surface area contributed by atoms with Gasteiger partial charge in [0.1, 0.15) is 5.75 Å². The predicted molar refractivity (Wildman–Crippen MR) is 69.2 cm³/mol. The van der Waals surface area contributed by atoms with Gasteiger partial charge in [0.15, 0.2) is 0 Å². The Morgan fingerprint density at radius 3 is 2.39 bits per heavy atom. The number of benzene rings is 1. The molecular weight excluding hydrogens is 232 g/mol. The minimum absolute atomic E-state index is 0.255. The number of methoxy groups -OCH3 is 2. The highest BCUT2D eigenvalue weighted by Gasteiger charge is 2.22. The highest BCUT2D eigenvalue weighted by atomic mass is 16.5. The van der Waals surface area contributed by atoms with Crippen LogP contribution in [0.1, 0.15) is 0 Å². The van der Waals surface area contributed by atoms with Gasteiger partial charge in [0.2, 0.25) is 0 Å². The smallest absolute Gasteiger partial charge is 0.409 e. The Kier molecular flexibility index (Phi) is 3.92. The van der Waals surface area contributed by atoms with E-state index in [-0.39, 0.29) is 6.09 Å². The van der Waals surface area contributed by atoms with Crippen LogP contribution in [-0.2, 0) is 4.74 Å². The van der Waals surface area contributed by atoms with E-state index in [9.17, 15) is 4.79 Å². The van der Waals surface area contributed by atoms with Crippen LogP contribution in [0.4, 0.5) is 10.5 Å². The van der Waals surface area contributed by atoms with Gasteiger partial charge in [-0.1, -0.05) is 12.1 Å². The van der Waals surface area contributed by atoms with Gasteiger partial charge in [0, 0.05) is 26.2 Å². The molecule has 0 saturated carbocycles. The van der Waals surface area contributed by atoms with Gasteiger partial charge in [-0.05, 0) is 12.1 Å². The monoisotopic (exact) mass is 250 g/mol. The Morgan fingerprint density at radius 1 is 1.11 bits per heavy atom. The van der Waals surface area contributed by atoms with Gasteiger partial charge in [-0.15, -0.1) is 0 Å². The summed E-state index contributed by atoms with van der Waals surface area (Å²) in [6, 6.07) is 7.92. The van der Waals surface area contributed by atoms with E-state index in [1.807, 2.05) is 24.3 Å². The van der Waals surface area contributed by atoms with E-state index in [4.69, 9.17) is 9.47 Å². The van der Waals surface area contributed by atoms with Crippen LogP contribution < -0.4 is 9.64 Å². The lowest BCUT2D eigenvalue weighted by molar-refractivity contribution is 0.121. The highest BCUT2D eigenvalue weighted by molar-refractivity contribution is 5.68. The Balaban J connectivity index is 2.03. The fourth-order valence-electron chi connectivity index (χ4n) is 2.15. The maximum atomic E-state index is 11.4. The van der Waals surface area contributed by atoms with Crippen LogP contribution in [0, 0.1) is 0 Å². The highest BCUT2D eigenvalue weighted by Crippen LogP contribution is 2.28. The summed E-state index contributed by atoms with van der Waals surface area (Å²) in [5.74, 6) is 0.865. The van der Waals surface area contributed by atoms with Gasteiger partial charge < -0.3 is 19.3 Å². The minimum Gasteiger partial charge on any atom is -0.495 e. The van der Waals surface area contributed by atoms with E-state index in [1.165, 1.54) is 7.11 Å². The minimum atomic E-state index is -0.255. The van der Waals surface area contributed by atoms with E-state index in [1.54, 1.807) is 12.0 Å². The van der Waals surface area contributed by atoms with E-state index in [0.717, 1.165) is 24.5 Å². The van der Waals surface area contributed by atoms with Crippen LogP contribution in [0.3, 0.4) is 0 Å². The molecule has 1 aliphatic rings. The second kappa shape index (κ2) is 5.62. The zero-order valence-corrected chi connectivity index (χ0v) is 10.8. The zero-order chi connectivity index (χ0) is 13.0. The van der Waals surface area contributed by atoms with Crippen molar-refractivity contribution in [3.05, 3.63) is 24.3 Å². The fourth-order valence-corrected chi connectivity index (χ4v) is 2.15. The lowest BCUT2D eigenvalue weighted by Crippen LogP contribution is -2.48.